The van der Waals surface area contributed by atoms with E-state index in [1.807, 2.05) is 0 Å². The van der Waals surface area contributed by atoms with Crippen molar-refractivity contribution in [3.8, 4) is 6.07 Å². The van der Waals surface area contributed by atoms with Crippen molar-refractivity contribution in [1.29, 1.82) is 5.26 Å². The van der Waals surface area contributed by atoms with Crippen molar-refractivity contribution < 1.29 is 9.53 Å². The Kier molecular flexibility index (Phi) is 5.66. The number of nitriles is 1. The first-order valence-electron chi connectivity index (χ1n) is 5.06. The first-order valence-corrected chi connectivity index (χ1v) is 6.97. The second kappa shape index (κ2) is 6.77. The van der Waals surface area contributed by atoms with E-state index in [0.29, 0.717) is 17.5 Å². The largest absolute Gasteiger partial charge is 0.466 e. The number of carbonyl (C=O) groups excluding carboxylic acids is 1. The number of halogens is 2. The minimum Gasteiger partial charge on any atom is -0.466 e. The molecular weight excluding hydrogens is 350 g/mol. The summed E-state index contributed by atoms with van der Waals surface area (Å²) in [7, 11) is 0. The highest BCUT2D eigenvalue weighted by molar-refractivity contribution is 9.10. The van der Waals surface area contributed by atoms with E-state index in [9.17, 15) is 4.79 Å². The van der Waals surface area contributed by atoms with Gasteiger partial charge in [0.2, 0.25) is 0 Å². The maximum Gasteiger partial charge on any atom is 0.310 e. The maximum atomic E-state index is 11.5. The average molecular weight is 361 g/mol. The van der Waals surface area contributed by atoms with Crippen LogP contribution in [0, 0.1) is 11.3 Å². The number of nitrogens with zero attached hydrogens (tertiary/aromatic N) is 1. The molecule has 0 aromatic heterocycles. The smallest absolute Gasteiger partial charge is 0.310 e. The third-order valence-electron chi connectivity index (χ3n) is 2.25. The van der Waals surface area contributed by atoms with Crippen LogP contribution in [0.25, 0.3) is 0 Å². The lowest BCUT2D eigenvalue weighted by Crippen LogP contribution is -2.10. The molecule has 0 radical (unpaired) electrons. The van der Waals surface area contributed by atoms with Crippen molar-refractivity contribution in [2.75, 3.05) is 6.61 Å². The Hall–Kier alpha value is -0.860. The number of ether oxygens (including phenoxy) is 1. The van der Waals surface area contributed by atoms with Crippen LogP contribution < -0.4 is 0 Å². The highest BCUT2D eigenvalue weighted by Gasteiger charge is 2.15. The van der Waals surface area contributed by atoms with Gasteiger partial charge >= 0.3 is 5.97 Å². The monoisotopic (exact) mass is 359 g/mol. The molecule has 0 spiro atoms. The van der Waals surface area contributed by atoms with Gasteiger partial charge in [0, 0.05) is 9.80 Å². The Labute approximate surface area is 117 Å². The fourth-order valence-corrected chi connectivity index (χ4v) is 2.62. The van der Waals surface area contributed by atoms with Gasteiger partial charge in [0.25, 0.3) is 0 Å². The first kappa shape index (κ1) is 14.2. The van der Waals surface area contributed by atoms with Gasteiger partial charge in [-0.3, -0.25) is 4.79 Å². The van der Waals surface area contributed by atoms with Crippen LogP contribution in [0.1, 0.15) is 23.6 Å². The van der Waals surface area contributed by atoms with Crippen LogP contribution in [0.3, 0.4) is 0 Å². The lowest BCUT2D eigenvalue weighted by Gasteiger charge is -2.11. The molecule has 0 saturated heterocycles. The molecule has 0 unspecified atom stereocenters. The van der Waals surface area contributed by atoms with Crippen LogP contribution in [0.15, 0.2) is 16.6 Å². The van der Waals surface area contributed by atoms with Crippen LogP contribution in [-0.2, 0) is 21.3 Å². The highest BCUT2D eigenvalue weighted by atomic mass is 79.9. The van der Waals surface area contributed by atoms with Crippen LogP contribution in [0.4, 0.5) is 0 Å². The van der Waals surface area contributed by atoms with Crippen LogP contribution in [0.2, 0.25) is 0 Å². The van der Waals surface area contributed by atoms with E-state index < -0.39 is 0 Å². The van der Waals surface area contributed by atoms with Gasteiger partial charge in [0.15, 0.2) is 0 Å². The van der Waals surface area contributed by atoms with Gasteiger partial charge in [-0.1, -0.05) is 31.9 Å². The lowest BCUT2D eigenvalue weighted by atomic mass is 10.0. The molecule has 0 aliphatic heterocycles. The van der Waals surface area contributed by atoms with Crippen LogP contribution in [-0.4, -0.2) is 12.6 Å². The molecular formula is C12H11Br2NO2. The summed E-state index contributed by atoms with van der Waals surface area (Å²) in [6.07, 6.45) is 0.172. The first-order chi connectivity index (χ1) is 8.13. The summed E-state index contributed by atoms with van der Waals surface area (Å²) in [5.74, 6) is -0.287. The predicted octanol–water partition coefficient (Wildman–Crippen LogP) is 3.32. The van der Waals surface area contributed by atoms with Crippen LogP contribution in [0.5, 0.6) is 0 Å². The zero-order valence-corrected chi connectivity index (χ0v) is 12.5. The number of benzene rings is 1. The summed E-state index contributed by atoms with van der Waals surface area (Å²) >= 11 is 6.73. The Balaban J connectivity index is 3.13. The van der Waals surface area contributed by atoms with E-state index in [1.54, 1.807) is 19.1 Å². The van der Waals surface area contributed by atoms with E-state index in [4.69, 9.17) is 10.00 Å². The van der Waals surface area contributed by atoms with E-state index >= 15 is 0 Å². The topological polar surface area (TPSA) is 50.1 Å². The van der Waals surface area contributed by atoms with E-state index in [2.05, 4.69) is 37.9 Å². The summed E-state index contributed by atoms with van der Waals surface area (Å²) in [5.41, 5.74) is 2.21. The summed E-state index contributed by atoms with van der Waals surface area (Å²) < 4.78 is 5.73. The van der Waals surface area contributed by atoms with E-state index in [1.165, 1.54) is 0 Å². The summed E-state index contributed by atoms with van der Waals surface area (Å²) in [5, 5.41) is 9.53. The Morgan fingerprint density at radius 3 is 2.71 bits per heavy atom. The Bertz CT molecular complexity index is 466. The average Bonchev–Trinajstić information content (AvgIpc) is 2.31. The SMILES string of the molecule is CCOC(=O)Cc1c(Br)ccc(C#N)c1CBr. The van der Waals surface area contributed by atoms with Gasteiger partial charge in [0.1, 0.15) is 0 Å². The molecule has 0 amide bonds. The van der Waals surface area contributed by atoms with Crippen molar-refractivity contribution in [2.45, 2.75) is 18.7 Å². The quantitative estimate of drug-likeness (QED) is 0.611. The molecule has 3 nitrogen and oxygen atoms in total. The standard InChI is InChI=1S/C12H11Br2NO2/c1-2-17-12(16)5-9-10(6-13)8(7-15)3-4-11(9)14/h3-4H,2,5-6H2,1H3. The van der Waals surface area contributed by atoms with E-state index in [-0.39, 0.29) is 12.4 Å². The fourth-order valence-electron chi connectivity index (χ4n) is 1.47. The predicted molar refractivity (Wildman–Crippen MR) is 71.8 cm³/mol. The lowest BCUT2D eigenvalue weighted by molar-refractivity contribution is -0.142. The summed E-state index contributed by atoms with van der Waals surface area (Å²) in [6.45, 7) is 2.13. The zero-order chi connectivity index (χ0) is 12.8. The third-order valence-corrected chi connectivity index (χ3v) is 3.56. The number of hydrogen-bond donors (Lipinski definition) is 0. The number of hydrogen-bond acceptors (Lipinski definition) is 3. The van der Waals surface area contributed by atoms with Gasteiger partial charge in [-0.2, -0.15) is 5.26 Å². The number of rotatable bonds is 4. The van der Waals surface area contributed by atoms with Crippen molar-refractivity contribution in [3.05, 3.63) is 33.3 Å². The zero-order valence-electron chi connectivity index (χ0n) is 9.30. The molecule has 1 aromatic rings. The molecule has 0 fully saturated rings. The summed E-state index contributed by atoms with van der Waals surface area (Å²) in [4.78, 5) is 11.5. The third kappa shape index (κ3) is 3.55. The molecule has 0 atom stereocenters. The second-order valence-corrected chi connectivity index (χ2v) is 4.69. The highest BCUT2D eigenvalue weighted by Crippen LogP contribution is 2.26. The molecule has 17 heavy (non-hydrogen) atoms. The molecule has 0 saturated carbocycles. The van der Waals surface area contributed by atoms with Crippen molar-refractivity contribution in [2.24, 2.45) is 0 Å². The molecule has 0 aliphatic rings. The number of esters is 1. The second-order valence-electron chi connectivity index (χ2n) is 3.28. The van der Waals surface area contributed by atoms with Crippen LogP contribution >= 0.6 is 31.9 Å². The van der Waals surface area contributed by atoms with Gasteiger partial charge in [-0.25, -0.2) is 0 Å². The molecule has 5 heteroatoms. The minimum atomic E-state index is -0.287. The van der Waals surface area contributed by atoms with Crippen molar-refractivity contribution in [3.63, 3.8) is 0 Å². The molecule has 0 bridgehead atoms. The van der Waals surface area contributed by atoms with E-state index in [0.717, 1.165) is 15.6 Å². The van der Waals surface area contributed by atoms with Gasteiger partial charge < -0.3 is 4.74 Å². The molecule has 1 aromatic carbocycles. The Morgan fingerprint density at radius 2 is 2.18 bits per heavy atom. The van der Waals surface area contributed by atoms with Gasteiger partial charge in [0.05, 0.1) is 24.7 Å². The van der Waals surface area contributed by atoms with Gasteiger partial charge in [-0.05, 0) is 30.2 Å². The summed E-state index contributed by atoms with van der Waals surface area (Å²) in [6, 6.07) is 5.62. The normalized spacial score (nSPS) is 9.76. The fraction of sp³-hybridized carbons (Fsp3) is 0.333. The number of alkyl halides is 1. The molecule has 90 valence electrons. The molecule has 1 rings (SSSR count). The maximum absolute atomic E-state index is 11.5. The molecule has 0 aliphatic carbocycles. The van der Waals surface area contributed by atoms with Crippen molar-refractivity contribution in [1.82, 2.24) is 0 Å². The number of carbonyl (C=O) groups is 1. The van der Waals surface area contributed by atoms with Gasteiger partial charge in [-0.15, -0.1) is 0 Å². The minimum absolute atomic E-state index is 0.172. The van der Waals surface area contributed by atoms with Crippen molar-refractivity contribution >= 4 is 37.8 Å². The Morgan fingerprint density at radius 1 is 1.47 bits per heavy atom. The molecule has 0 heterocycles. The molecule has 0 N–H and O–H groups in total.